The van der Waals surface area contributed by atoms with Crippen molar-refractivity contribution in [3.8, 4) is 0 Å². The van der Waals surface area contributed by atoms with Crippen LogP contribution in [-0.4, -0.2) is 29.3 Å². The molecule has 7 nitrogen and oxygen atoms in total. The Hall–Kier alpha value is -3.23. The van der Waals surface area contributed by atoms with E-state index < -0.39 is 41.6 Å². The second-order valence-electron chi connectivity index (χ2n) is 6.03. The monoisotopic (exact) mass is 363 g/mol. The number of benzene rings is 1. The molecule has 1 saturated heterocycles. The summed E-state index contributed by atoms with van der Waals surface area (Å²) in [6.07, 6.45) is 0. The van der Waals surface area contributed by atoms with Gasteiger partial charge in [-0.2, -0.15) is 0 Å². The quantitative estimate of drug-likeness (QED) is 0.815. The molecule has 0 radical (unpaired) electrons. The number of nitrogens with zero attached hydrogens (tertiary/aromatic N) is 1. The van der Waals surface area contributed by atoms with Crippen molar-refractivity contribution in [3.63, 3.8) is 0 Å². The zero-order valence-corrected chi connectivity index (χ0v) is 13.9. The van der Waals surface area contributed by atoms with Gasteiger partial charge in [-0.3, -0.25) is 14.5 Å². The van der Waals surface area contributed by atoms with Crippen LogP contribution in [-0.2, 0) is 15.1 Å². The van der Waals surface area contributed by atoms with Gasteiger partial charge >= 0.3 is 6.03 Å². The number of nitrogens with one attached hydrogen (secondary N) is 2. The van der Waals surface area contributed by atoms with E-state index in [1.54, 1.807) is 19.1 Å². The summed E-state index contributed by atoms with van der Waals surface area (Å²) in [5.74, 6) is -2.76. The van der Waals surface area contributed by atoms with Crippen LogP contribution in [0.4, 0.5) is 19.3 Å². The number of anilines is 1. The Morgan fingerprint density at radius 3 is 2.58 bits per heavy atom. The SMILES string of the molecule is Cc1ccc(C2(C)NC(=O)N(CC(=O)Nc3ccc(F)c(F)c3)C2=O)o1. The van der Waals surface area contributed by atoms with Crippen LogP contribution in [0.15, 0.2) is 34.7 Å². The molecule has 0 bridgehead atoms. The van der Waals surface area contributed by atoms with Crippen LogP contribution in [0.3, 0.4) is 0 Å². The highest BCUT2D eigenvalue weighted by molar-refractivity contribution is 6.10. The van der Waals surface area contributed by atoms with Crippen molar-refractivity contribution in [1.82, 2.24) is 10.2 Å². The van der Waals surface area contributed by atoms with E-state index in [4.69, 9.17) is 4.42 Å². The molecule has 0 spiro atoms. The molecule has 9 heteroatoms. The maximum Gasteiger partial charge on any atom is 0.325 e. The van der Waals surface area contributed by atoms with E-state index >= 15 is 0 Å². The molecule has 1 fully saturated rings. The fraction of sp³-hybridized carbons (Fsp3) is 0.235. The number of halogens is 2. The maximum atomic E-state index is 13.2. The molecule has 136 valence electrons. The number of hydrogen-bond acceptors (Lipinski definition) is 4. The standard InChI is InChI=1S/C17H15F2N3O4/c1-9-3-6-13(26-9)17(2)15(24)22(16(25)21-17)8-14(23)20-10-4-5-11(18)12(19)7-10/h3-7H,8H2,1-2H3,(H,20,23)(H,21,25). The fourth-order valence-corrected chi connectivity index (χ4v) is 2.63. The van der Waals surface area contributed by atoms with Crippen LogP contribution in [0.1, 0.15) is 18.4 Å². The summed E-state index contributed by atoms with van der Waals surface area (Å²) in [6.45, 7) is 2.58. The lowest BCUT2D eigenvalue weighted by atomic mass is 9.99. The van der Waals surface area contributed by atoms with Crippen LogP contribution < -0.4 is 10.6 Å². The predicted molar refractivity (Wildman–Crippen MR) is 86.0 cm³/mol. The molecule has 1 aliphatic heterocycles. The molecule has 0 aliphatic carbocycles. The number of amides is 4. The number of furan rings is 1. The van der Waals surface area contributed by atoms with Crippen molar-refractivity contribution in [2.75, 3.05) is 11.9 Å². The Kier molecular flexibility index (Phi) is 4.23. The summed E-state index contributed by atoms with van der Waals surface area (Å²) in [5, 5.41) is 4.81. The average molecular weight is 363 g/mol. The van der Waals surface area contributed by atoms with Gasteiger partial charge in [0.25, 0.3) is 5.91 Å². The third-order valence-corrected chi connectivity index (χ3v) is 4.01. The molecule has 0 saturated carbocycles. The van der Waals surface area contributed by atoms with Gasteiger partial charge in [0, 0.05) is 11.8 Å². The second-order valence-corrected chi connectivity index (χ2v) is 6.03. The summed E-state index contributed by atoms with van der Waals surface area (Å²) >= 11 is 0. The van der Waals surface area contributed by atoms with Gasteiger partial charge in [0.05, 0.1) is 0 Å². The molecular weight excluding hydrogens is 348 g/mol. The third kappa shape index (κ3) is 3.03. The molecule has 26 heavy (non-hydrogen) atoms. The number of urea groups is 1. The lowest BCUT2D eigenvalue weighted by molar-refractivity contribution is -0.134. The van der Waals surface area contributed by atoms with Crippen molar-refractivity contribution in [2.45, 2.75) is 19.4 Å². The molecule has 1 atom stereocenters. The van der Waals surface area contributed by atoms with Crippen LogP contribution >= 0.6 is 0 Å². The number of carbonyl (C=O) groups excluding carboxylic acids is 3. The summed E-state index contributed by atoms with van der Waals surface area (Å²) in [6, 6.07) is 5.28. The number of imide groups is 1. The minimum Gasteiger partial charge on any atom is -0.463 e. The Bertz CT molecular complexity index is 911. The highest BCUT2D eigenvalue weighted by atomic mass is 19.2. The summed E-state index contributed by atoms with van der Waals surface area (Å²) < 4.78 is 31.5. The van der Waals surface area contributed by atoms with Gasteiger partial charge in [-0.05, 0) is 38.1 Å². The Morgan fingerprint density at radius 2 is 1.96 bits per heavy atom. The largest absolute Gasteiger partial charge is 0.463 e. The van der Waals surface area contributed by atoms with E-state index in [1.807, 2.05) is 0 Å². The first kappa shape index (κ1) is 17.6. The first-order chi connectivity index (χ1) is 12.2. The number of rotatable bonds is 4. The van der Waals surface area contributed by atoms with Crippen molar-refractivity contribution in [1.29, 1.82) is 0 Å². The molecule has 2 aromatic rings. The van der Waals surface area contributed by atoms with E-state index in [1.165, 1.54) is 6.92 Å². The number of hydrogen-bond donors (Lipinski definition) is 2. The molecule has 1 aliphatic rings. The van der Waals surface area contributed by atoms with Gasteiger partial charge in [0.1, 0.15) is 18.1 Å². The minimum absolute atomic E-state index is 0.00498. The van der Waals surface area contributed by atoms with E-state index in [-0.39, 0.29) is 11.4 Å². The summed E-state index contributed by atoms with van der Waals surface area (Å²) in [5.41, 5.74) is -1.42. The average Bonchev–Trinajstić information content (AvgIpc) is 3.09. The summed E-state index contributed by atoms with van der Waals surface area (Å²) in [4.78, 5) is 37.6. The predicted octanol–water partition coefficient (Wildman–Crippen LogP) is 2.27. The van der Waals surface area contributed by atoms with Crippen LogP contribution in [0.2, 0.25) is 0 Å². The minimum atomic E-state index is -1.42. The van der Waals surface area contributed by atoms with Gasteiger partial charge in [-0.15, -0.1) is 0 Å². The van der Waals surface area contributed by atoms with Gasteiger partial charge in [-0.1, -0.05) is 0 Å². The van der Waals surface area contributed by atoms with Crippen molar-refractivity contribution in [3.05, 3.63) is 53.5 Å². The molecule has 4 amide bonds. The second kappa shape index (κ2) is 6.25. The Labute approximate surface area is 147 Å². The third-order valence-electron chi connectivity index (χ3n) is 4.01. The smallest absolute Gasteiger partial charge is 0.325 e. The molecule has 1 aromatic heterocycles. The van der Waals surface area contributed by atoms with Crippen molar-refractivity contribution in [2.24, 2.45) is 0 Å². The van der Waals surface area contributed by atoms with E-state index in [0.29, 0.717) is 5.76 Å². The number of carbonyl (C=O) groups is 3. The molecule has 1 aromatic carbocycles. The normalized spacial score (nSPS) is 19.6. The van der Waals surface area contributed by atoms with Crippen molar-refractivity contribution >= 4 is 23.5 Å². The molecular formula is C17H15F2N3O4. The molecule has 1 unspecified atom stereocenters. The summed E-state index contributed by atoms with van der Waals surface area (Å²) in [7, 11) is 0. The zero-order chi connectivity index (χ0) is 19.1. The Balaban J connectivity index is 1.73. The lowest BCUT2D eigenvalue weighted by Gasteiger charge is -2.19. The topological polar surface area (TPSA) is 91.7 Å². The van der Waals surface area contributed by atoms with Crippen molar-refractivity contribution < 1.29 is 27.6 Å². The van der Waals surface area contributed by atoms with Gasteiger partial charge in [-0.25, -0.2) is 13.6 Å². The number of aryl methyl sites for hydroxylation is 1. The van der Waals surface area contributed by atoms with E-state index in [9.17, 15) is 23.2 Å². The molecule has 3 rings (SSSR count). The van der Waals surface area contributed by atoms with Gasteiger partial charge in [0.15, 0.2) is 17.2 Å². The highest BCUT2D eigenvalue weighted by Crippen LogP contribution is 2.30. The first-order valence-electron chi connectivity index (χ1n) is 7.66. The maximum absolute atomic E-state index is 13.2. The van der Waals surface area contributed by atoms with Crippen LogP contribution in [0.5, 0.6) is 0 Å². The van der Waals surface area contributed by atoms with Crippen LogP contribution in [0, 0.1) is 18.6 Å². The first-order valence-corrected chi connectivity index (χ1v) is 7.66. The van der Waals surface area contributed by atoms with E-state index in [0.717, 1.165) is 23.1 Å². The molecule has 2 heterocycles. The van der Waals surface area contributed by atoms with Crippen LogP contribution in [0.25, 0.3) is 0 Å². The zero-order valence-electron chi connectivity index (χ0n) is 13.9. The van der Waals surface area contributed by atoms with Gasteiger partial charge < -0.3 is 15.1 Å². The Morgan fingerprint density at radius 1 is 1.23 bits per heavy atom. The van der Waals surface area contributed by atoms with Gasteiger partial charge in [0.2, 0.25) is 5.91 Å². The lowest BCUT2D eigenvalue weighted by Crippen LogP contribution is -2.41. The molecule has 2 N–H and O–H groups in total. The highest BCUT2D eigenvalue weighted by Gasteiger charge is 2.51. The fourth-order valence-electron chi connectivity index (χ4n) is 2.63. The van der Waals surface area contributed by atoms with E-state index in [2.05, 4.69) is 10.6 Å².